The van der Waals surface area contributed by atoms with Crippen LogP contribution in [0.1, 0.15) is 5.56 Å². The van der Waals surface area contributed by atoms with Crippen molar-refractivity contribution in [3.05, 3.63) is 42.0 Å². The van der Waals surface area contributed by atoms with E-state index >= 15 is 0 Å². The second-order valence-corrected chi connectivity index (χ2v) is 3.56. The highest BCUT2D eigenvalue weighted by atomic mass is 16.4. The fraction of sp³-hybridized carbons (Fsp3) is 0.250. The first-order chi connectivity index (χ1) is 7.02. The lowest BCUT2D eigenvalue weighted by Gasteiger charge is -1.91. The Kier molecular flexibility index (Phi) is 6.93. The van der Waals surface area contributed by atoms with Crippen molar-refractivity contribution in [1.82, 2.24) is 0 Å². The van der Waals surface area contributed by atoms with Gasteiger partial charge in [-0.2, -0.15) is 0 Å². The van der Waals surface area contributed by atoms with E-state index in [-0.39, 0.29) is 0 Å². The molecule has 0 aliphatic rings. The number of carboxylic acids is 1. The van der Waals surface area contributed by atoms with Crippen LogP contribution in [-0.4, -0.2) is 27.1 Å². The minimum atomic E-state index is -1.17. The highest BCUT2D eigenvalue weighted by Crippen LogP contribution is 1.99. The van der Waals surface area contributed by atoms with E-state index in [1.807, 2.05) is 30.3 Å². The quantitative estimate of drug-likeness (QED) is 0.646. The number of quaternary nitrogens is 1. The summed E-state index contributed by atoms with van der Waals surface area (Å²) in [5.74, 6) is -1.17. The largest absolute Gasteiger partial charge is 0.545 e. The first-order valence-corrected chi connectivity index (χ1v) is 4.73. The van der Waals surface area contributed by atoms with Gasteiger partial charge in [0, 0.05) is 0 Å². The Morgan fingerprint density at radius 3 is 2.07 bits per heavy atom. The summed E-state index contributed by atoms with van der Waals surface area (Å²) < 4.78 is 0. The van der Waals surface area contributed by atoms with Gasteiger partial charge in [0.15, 0.2) is 0 Å². The molecule has 0 fully saturated rings. The summed E-state index contributed by atoms with van der Waals surface area (Å²) in [6.45, 7) is 0. The molecule has 15 heavy (non-hydrogen) atoms. The topological polar surface area (TPSA) is 44.6 Å². The van der Waals surface area contributed by atoms with Crippen molar-refractivity contribution in [2.75, 3.05) is 21.1 Å². The standard InChI is InChI=1S/C9H8O2.C3H9N/c10-9(11)7-6-8-4-2-1-3-5-8;1-4(2)3/h1-7H,(H,10,11);1-3H3/b7-6+;. The van der Waals surface area contributed by atoms with Crippen molar-refractivity contribution in [2.45, 2.75) is 0 Å². The molecule has 0 aromatic heterocycles. The molecule has 1 aromatic carbocycles. The molecule has 3 nitrogen and oxygen atoms in total. The Labute approximate surface area is 90.7 Å². The molecular formula is C12H17NO2. The lowest BCUT2D eigenvalue weighted by molar-refractivity contribution is -0.836. The Hall–Kier alpha value is -1.61. The van der Waals surface area contributed by atoms with Crippen molar-refractivity contribution in [3.63, 3.8) is 0 Å². The summed E-state index contributed by atoms with van der Waals surface area (Å²) in [7, 11) is 6.25. The maximum atomic E-state index is 9.97. The van der Waals surface area contributed by atoms with Gasteiger partial charge in [0.25, 0.3) is 0 Å². The molecule has 3 heteroatoms. The number of hydrogen-bond donors (Lipinski definition) is 1. The number of aliphatic carboxylic acids is 1. The molecule has 0 heterocycles. The molecular weight excluding hydrogens is 190 g/mol. The van der Waals surface area contributed by atoms with Crippen molar-refractivity contribution in [1.29, 1.82) is 0 Å². The van der Waals surface area contributed by atoms with E-state index in [2.05, 4.69) is 21.1 Å². The molecule has 1 rings (SSSR count). The first kappa shape index (κ1) is 13.4. The van der Waals surface area contributed by atoms with Gasteiger partial charge in [-0.15, -0.1) is 0 Å². The number of rotatable bonds is 2. The predicted molar refractivity (Wildman–Crippen MR) is 59.2 cm³/mol. The summed E-state index contributed by atoms with van der Waals surface area (Å²) in [5, 5.41) is 9.97. The summed E-state index contributed by atoms with van der Waals surface area (Å²) in [6, 6.07) is 9.19. The molecule has 0 amide bonds. The van der Waals surface area contributed by atoms with E-state index < -0.39 is 5.97 Å². The van der Waals surface area contributed by atoms with Gasteiger partial charge in [0.2, 0.25) is 0 Å². The number of carboxylic acid groups (broad SMARTS) is 1. The fourth-order valence-corrected chi connectivity index (χ4v) is 0.728. The van der Waals surface area contributed by atoms with E-state index in [0.717, 1.165) is 11.6 Å². The van der Waals surface area contributed by atoms with Crippen LogP contribution in [0.2, 0.25) is 0 Å². The Bertz CT molecular complexity index is 302. The number of benzene rings is 1. The van der Waals surface area contributed by atoms with E-state index in [1.54, 1.807) is 0 Å². The highest BCUT2D eigenvalue weighted by Gasteiger charge is 1.80. The normalized spacial score (nSPS) is 9.87. The number of carbonyl (C=O) groups excluding carboxylic acids is 1. The molecule has 82 valence electrons. The van der Waals surface area contributed by atoms with Gasteiger partial charge >= 0.3 is 0 Å². The van der Waals surface area contributed by atoms with Crippen LogP contribution in [0.15, 0.2) is 36.4 Å². The predicted octanol–water partition coefficient (Wildman–Crippen LogP) is -0.790. The third kappa shape index (κ3) is 10.3. The maximum Gasteiger partial charge on any atom is 0.0661 e. The molecule has 1 N–H and O–H groups in total. The van der Waals surface area contributed by atoms with Crippen molar-refractivity contribution in [2.24, 2.45) is 0 Å². The van der Waals surface area contributed by atoms with Crippen LogP contribution in [0.25, 0.3) is 6.08 Å². The SMILES string of the molecule is C[NH+](C)C.O=C([O-])/C=C/c1ccccc1. The molecule has 0 aliphatic heterocycles. The zero-order chi connectivity index (χ0) is 11.7. The van der Waals surface area contributed by atoms with Crippen LogP contribution >= 0.6 is 0 Å². The highest BCUT2D eigenvalue weighted by molar-refractivity contribution is 5.83. The zero-order valence-electron chi connectivity index (χ0n) is 9.36. The minimum Gasteiger partial charge on any atom is -0.545 e. The smallest absolute Gasteiger partial charge is 0.0661 e. The van der Waals surface area contributed by atoms with Crippen molar-refractivity contribution < 1.29 is 14.8 Å². The molecule has 0 radical (unpaired) electrons. The van der Waals surface area contributed by atoms with Crippen molar-refractivity contribution >= 4 is 12.0 Å². The number of carbonyl (C=O) groups is 1. The van der Waals surface area contributed by atoms with E-state index in [9.17, 15) is 9.90 Å². The molecule has 0 saturated heterocycles. The van der Waals surface area contributed by atoms with E-state index in [0.29, 0.717) is 0 Å². The van der Waals surface area contributed by atoms with Gasteiger partial charge in [0.05, 0.1) is 27.1 Å². The lowest BCUT2D eigenvalue weighted by atomic mass is 10.2. The first-order valence-electron chi connectivity index (χ1n) is 4.73. The van der Waals surface area contributed by atoms with Gasteiger partial charge in [-0.25, -0.2) is 0 Å². The Morgan fingerprint density at radius 1 is 1.20 bits per heavy atom. The van der Waals surface area contributed by atoms with Gasteiger partial charge in [-0.05, 0) is 11.6 Å². The second kappa shape index (κ2) is 7.76. The van der Waals surface area contributed by atoms with Crippen molar-refractivity contribution in [3.8, 4) is 0 Å². The summed E-state index contributed by atoms with van der Waals surface area (Å²) in [4.78, 5) is 11.4. The molecule has 1 aromatic rings. The average molecular weight is 207 g/mol. The fourth-order valence-electron chi connectivity index (χ4n) is 0.728. The van der Waals surface area contributed by atoms with E-state index in [4.69, 9.17) is 0 Å². The van der Waals surface area contributed by atoms with Gasteiger partial charge in [-0.1, -0.05) is 36.4 Å². The second-order valence-electron chi connectivity index (χ2n) is 3.56. The van der Waals surface area contributed by atoms with Crippen LogP contribution in [0.3, 0.4) is 0 Å². The van der Waals surface area contributed by atoms with E-state index in [1.165, 1.54) is 11.0 Å². The molecule has 0 atom stereocenters. The van der Waals surface area contributed by atoms with Gasteiger partial charge < -0.3 is 14.8 Å². The van der Waals surface area contributed by atoms with Gasteiger partial charge in [-0.3, -0.25) is 0 Å². The maximum absolute atomic E-state index is 9.97. The molecule has 0 bridgehead atoms. The number of hydrogen-bond acceptors (Lipinski definition) is 2. The summed E-state index contributed by atoms with van der Waals surface area (Å²) >= 11 is 0. The average Bonchev–Trinajstić information content (AvgIpc) is 2.15. The Balaban J connectivity index is 0.000000423. The lowest BCUT2D eigenvalue weighted by Crippen LogP contribution is -3.02. The summed E-state index contributed by atoms with van der Waals surface area (Å²) in [6.07, 6.45) is 2.50. The Morgan fingerprint density at radius 2 is 1.67 bits per heavy atom. The van der Waals surface area contributed by atoms with Crippen LogP contribution in [0, 0.1) is 0 Å². The zero-order valence-corrected chi connectivity index (χ0v) is 9.36. The molecule has 0 saturated carbocycles. The monoisotopic (exact) mass is 207 g/mol. The third-order valence-corrected chi connectivity index (χ3v) is 1.21. The molecule has 0 unspecified atom stereocenters. The van der Waals surface area contributed by atoms with Crippen LogP contribution < -0.4 is 10.0 Å². The third-order valence-electron chi connectivity index (χ3n) is 1.21. The molecule has 0 aliphatic carbocycles. The summed E-state index contributed by atoms with van der Waals surface area (Å²) in [5.41, 5.74) is 0.858. The van der Waals surface area contributed by atoms with Crippen LogP contribution in [-0.2, 0) is 4.79 Å². The molecule has 0 spiro atoms. The van der Waals surface area contributed by atoms with Crippen LogP contribution in [0.4, 0.5) is 0 Å². The van der Waals surface area contributed by atoms with Gasteiger partial charge in [0.1, 0.15) is 0 Å². The van der Waals surface area contributed by atoms with Crippen LogP contribution in [0.5, 0.6) is 0 Å². The number of nitrogens with one attached hydrogen (secondary N) is 1. The minimum absolute atomic E-state index is 0.858.